The molecule has 0 radical (unpaired) electrons. The van der Waals surface area contributed by atoms with Crippen LogP contribution in [0.3, 0.4) is 0 Å². The van der Waals surface area contributed by atoms with Crippen LogP contribution in [0, 0.1) is 0 Å². The van der Waals surface area contributed by atoms with Gasteiger partial charge in [-0.25, -0.2) is 4.98 Å². The number of anilines is 1. The minimum Gasteiger partial charge on any atom is -0.480 e. The lowest BCUT2D eigenvalue weighted by Crippen LogP contribution is -2.53. The van der Waals surface area contributed by atoms with Crippen LogP contribution in [0.1, 0.15) is 24.0 Å². The van der Waals surface area contributed by atoms with E-state index in [2.05, 4.69) is 15.6 Å². The summed E-state index contributed by atoms with van der Waals surface area (Å²) in [5.41, 5.74) is 7.65. The van der Waals surface area contributed by atoms with E-state index in [1.165, 1.54) is 0 Å². The molecule has 2 atom stereocenters. The van der Waals surface area contributed by atoms with Crippen LogP contribution in [-0.2, 0) is 27.3 Å². The lowest BCUT2D eigenvalue weighted by molar-refractivity contribution is -0.141. The molecular formula is C26H28ClN5O4. The van der Waals surface area contributed by atoms with Gasteiger partial charge in [-0.1, -0.05) is 35.9 Å². The predicted molar refractivity (Wildman–Crippen MR) is 137 cm³/mol. The molecule has 5 N–H and O–H groups in total. The fourth-order valence-corrected chi connectivity index (χ4v) is 4.61. The number of nitrogen functional groups attached to an aromatic ring is 1. The average molecular weight is 510 g/mol. The Morgan fingerprint density at radius 3 is 2.64 bits per heavy atom. The molecular weight excluding hydrogens is 482 g/mol. The van der Waals surface area contributed by atoms with Crippen molar-refractivity contribution >= 4 is 46.0 Å². The number of nitrogens with one attached hydrogen (secondary N) is 2. The lowest BCUT2D eigenvalue weighted by Gasteiger charge is -2.28. The van der Waals surface area contributed by atoms with Crippen LogP contribution < -0.4 is 16.4 Å². The van der Waals surface area contributed by atoms with Gasteiger partial charge in [-0.3, -0.25) is 19.7 Å². The van der Waals surface area contributed by atoms with Crippen LogP contribution in [-0.4, -0.2) is 57.9 Å². The van der Waals surface area contributed by atoms with Crippen molar-refractivity contribution in [3.8, 4) is 0 Å². The third kappa shape index (κ3) is 6.10. The van der Waals surface area contributed by atoms with E-state index in [4.69, 9.17) is 22.4 Å². The maximum absolute atomic E-state index is 13.4. The van der Waals surface area contributed by atoms with Gasteiger partial charge in [0.2, 0.25) is 11.8 Å². The monoisotopic (exact) mass is 509 g/mol. The second kappa shape index (κ2) is 11.4. The molecule has 36 heavy (non-hydrogen) atoms. The van der Waals surface area contributed by atoms with Gasteiger partial charge in [0.05, 0.1) is 12.6 Å². The number of carbonyl (C=O) groups is 3. The van der Waals surface area contributed by atoms with Crippen LogP contribution in [0.15, 0.2) is 54.7 Å². The van der Waals surface area contributed by atoms with E-state index in [1.54, 1.807) is 35.4 Å². The maximum atomic E-state index is 13.4. The molecule has 1 fully saturated rings. The van der Waals surface area contributed by atoms with Crippen LogP contribution in [0.2, 0.25) is 5.02 Å². The maximum Gasteiger partial charge on any atom is 0.317 e. The van der Waals surface area contributed by atoms with E-state index in [0.29, 0.717) is 36.8 Å². The molecule has 9 nitrogen and oxygen atoms in total. The highest BCUT2D eigenvalue weighted by molar-refractivity contribution is 6.30. The predicted octanol–water partition coefficient (Wildman–Crippen LogP) is 2.36. The molecule has 0 saturated carbocycles. The Morgan fingerprint density at radius 2 is 1.89 bits per heavy atom. The third-order valence-corrected chi connectivity index (χ3v) is 6.57. The number of hydrogen-bond donors (Lipinski definition) is 4. The van der Waals surface area contributed by atoms with Crippen molar-refractivity contribution < 1.29 is 19.5 Å². The molecule has 1 saturated heterocycles. The number of benzene rings is 2. The Morgan fingerprint density at radius 1 is 1.14 bits per heavy atom. The van der Waals surface area contributed by atoms with Crippen molar-refractivity contribution in [2.75, 3.05) is 18.8 Å². The lowest BCUT2D eigenvalue weighted by atomic mass is 10.0. The molecule has 2 heterocycles. The Labute approximate surface area is 213 Å². The zero-order valence-electron chi connectivity index (χ0n) is 19.6. The number of carboxylic acid groups (broad SMARTS) is 1. The first-order valence-electron chi connectivity index (χ1n) is 11.7. The number of nitrogens with two attached hydrogens (primary N) is 1. The van der Waals surface area contributed by atoms with Crippen molar-refractivity contribution in [3.63, 3.8) is 0 Å². The fraction of sp³-hybridized carbons (Fsp3) is 0.308. The highest BCUT2D eigenvalue weighted by Crippen LogP contribution is 2.22. The summed E-state index contributed by atoms with van der Waals surface area (Å²) in [6.45, 7) is 0.378. The highest BCUT2D eigenvalue weighted by atomic mass is 35.5. The van der Waals surface area contributed by atoms with Crippen molar-refractivity contribution in [2.24, 2.45) is 0 Å². The first-order valence-corrected chi connectivity index (χ1v) is 12.1. The number of carbonyl (C=O) groups excluding carboxylic acids is 2. The topological polar surface area (TPSA) is 138 Å². The first-order chi connectivity index (χ1) is 17.3. The van der Waals surface area contributed by atoms with Crippen LogP contribution >= 0.6 is 11.6 Å². The van der Waals surface area contributed by atoms with E-state index in [0.717, 1.165) is 21.9 Å². The van der Waals surface area contributed by atoms with E-state index in [9.17, 15) is 14.4 Å². The van der Waals surface area contributed by atoms with Gasteiger partial charge in [0.1, 0.15) is 11.9 Å². The molecule has 0 spiro atoms. The number of halogens is 1. The molecule has 188 valence electrons. The molecule has 4 rings (SSSR count). The number of rotatable bonds is 9. The standard InChI is InChI=1S/C26H28ClN5O4/c27-19-6-3-16(4-7-19)13-21(30-15-23(33)34)26(36)32-11-1-2-22(32)25(35)31-14-17-5-8-20-18(12-17)9-10-29-24(20)28/h3-10,12,21-22,30H,1-2,11,13-15H2,(H2,28,29)(H,31,35)(H,33,34)/t21-,22+/m1/s1. The minimum atomic E-state index is -1.06. The van der Waals surface area contributed by atoms with Gasteiger partial charge in [0.15, 0.2) is 0 Å². The number of amides is 2. The number of pyridine rings is 1. The molecule has 0 aliphatic carbocycles. The minimum absolute atomic E-state index is 0.237. The Balaban J connectivity index is 1.43. The molecule has 0 unspecified atom stereocenters. The van der Waals surface area contributed by atoms with E-state index in [-0.39, 0.29) is 24.8 Å². The summed E-state index contributed by atoms with van der Waals surface area (Å²) in [6, 6.07) is 13.2. The summed E-state index contributed by atoms with van der Waals surface area (Å²) in [6.07, 6.45) is 3.16. The quantitative estimate of drug-likeness (QED) is 0.347. The SMILES string of the molecule is Nc1nccc2cc(CNC(=O)[C@@H]3CCCN3C(=O)[C@@H](Cc3ccc(Cl)cc3)NCC(=O)O)ccc12. The Bertz CT molecular complexity index is 1270. The van der Waals surface area contributed by atoms with Gasteiger partial charge < -0.3 is 21.1 Å². The molecule has 1 aliphatic heterocycles. The summed E-state index contributed by atoms with van der Waals surface area (Å²) in [5, 5.41) is 17.3. The van der Waals surface area contributed by atoms with Crippen molar-refractivity contribution in [1.29, 1.82) is 0 Å². The normalized spacial score (nSPS) is 16.1. The van der Waals surface area contributed by atoms with Gasteiger partial charge >= 0.3 is 5.97 Å². The number of aliphatic carboxylic acids is 1. The molecule has 10 heteroatoms. The fourth-order valence-electron chi connectivity index (χ4n) is 4.48. The van der Waals surface area contributed by atoms with Crippen LogP contribution in [0.4, 0.5) is 5.82 Å². The largest absolute Gasteiger partial charge is 0.480 e. The van der Waals surface area contributed by atoms with Gasteiger partial charge in [-0.15, -0.1) is 0 Å². The Kier molecular flexibility index (Phi) is 8.02. The molecule has 3 aromatic rings. The summed E-state index contributed by atoms with van der Waals surface area (Å²) in [5.74, 6) is -1.14. The molecule has 1 aliphatic rings. The zero-order valence-corrected chi connectivity index (χ0v) is 20.4. The van der Waals surface area contributed by atoms with E-state index in [1.807, 2.05) is 24.3 Å². The smallest absolute Gasteiger partial charge is 0.317 e. The second-order valence-corrected chi connectivity index (χ2v) is 9.25. The highest BCUT2D eigenvalue weighted by Gasteiger charge is 2.37. The summed E-state index contributed by atoms with van der Waals surface area (Å²) in [4.78, 5) is 43.3. The van der Waals surface area contributed by atoms with Crippen LogP contribution in [0.25, 0.3) is 10.8 Å². The van der Waals surface area contributed by atoms with E-state index >= 15 is 0 Å². The molecule has 2 amide bonds. The van der Waals surface area contributed by atoms with Crippen molar-refractivity contribution in [3.05, 3.63) is 70.9 Å². The van der Waals surface area contributed by atoms with Crippen molar-refractivity contribution in [2.45, 2.75) is 37.9 Å². The molecule has 0 bridgehead atoms. The molecule has 2 aromatic carbocycles. The zero-order chi connectivity index (χ0) is 25.7. The van der Waals surface area contributed by atoms with Crippen LogP contribution in [0.5, 0.6) is 0 Å². The Hall–Kier alpha value is -3.69. The first kappa shape index (κ1) is 25.4. The number of carboxylic acids is 1. The number of nitrogens with zero attached hydrogens (tertiary/aromatic N) is 2. The van der Waals surface area contributed by atoms with Gasteiger partial charge in [-0.2, -0.15) is 0 Å². The number of hydrogen-bond acceptors (Lipinski definition) is 6. The number of fused-ring (bicyclic) bond motifs is 1. The number of likely N-dealkylation sites (tertiary alicyclic amines) is 1. The van der Waals surface area contributed by atoms with E-state index < -0.39 is 18.1 Å². The van der Waals surface area contributed by atoms with Gasteiger partial charge in [0.25, 0.3) is 0 Å². The van der Waals surface area contributed by atoms with Gasteiger partial charge in [0, 0.05) is 29.7 Å². The molecule has 1 aromatic heterocycles. The third-order valence-electron chi connectivity index (χ3n) is 6.32. The average Bonchev–Trinajstić information content (AvgIpc) is 3.36. The second-order valence-electron chi connectivity index (χ2n) is 8.82. The summed E-state index contributed by atoms with van der Waals surface area (Å²) >= 11 is 5.96. The van der Waals surface area contributed by atoms with Crippen molar-refractivity contribution in [1.82, 2.24) is 20.5 Å². The number of aromatic nitrogens is 1. The summed E-state index contributed by atoms with van der Waals surface area (Å²) < 4.78 is 0. The summed E-state index contributed by atoms with van der Waals surface area (Å²) in [7, 11) is 0. The van der Waals surface area contributed by atoms with Gasteiger partial charge in [-0.05, 0) is 60.0 Å².